The van der Waals surface area contributed by atoms with Gasteiger partial charge in [0.2, 0.25) is 5.91 Å². The molecule has 4 rings (SSSR count). The van der Waals surface area contributed by atoms with Crippen LogP contribution in [0.4, 0.5) is 5.69 Å². The molecule has 8 nitrogen and oxygen atoms in total. The monoisotopic (exact) mass is 442 g/mol. The third kappa shape index (κ3) is 5.31. The molecule has 1 heterocycles. The minimum Gasteiger partial charge on any atom is -0.387 e. The van der Waals surface area contributed by atoms with Crippen LogP contribution in [0.15, 0.2) is 91.1 Å². The summed E-state index contributed by atoms with van der Waals surface area (Å²) >= 11 is 0. The van der Waals surface area contributed by atoms with Gasteiger partial charge < -0.3 is 10.4 Å². The Labute approximate surface area is 190 Å². The van der Waals surface area contributed by atoms with Crippen LogP contribution in [0.3, 0.4) is 0 Å². The Morgan fingerprint density at radius 3 is 2.27 bits per heavy atom. The van der Waals surface area contributed by atoms with E-state index in [-0.39, 0.29) is 24.6 Å². The first-order valence-corrected chi connectivity index (χ1v) is 10.4. The quantitative estimate of drug-likeness (QED) is 0.318. The van der Waals surface area contributed by atoms with E-state index in [1.54, 1.807) is 35.1 Å². The molecule has 1 aromatic heterocycles. The van der Waals surface area contributed by atoms with Crippen molar-refractivity contribution in [2.75, 3.05) is 6.54 Å². The molecule has 0 fully saturated rings. The Balaban J connectivity index is 1.56. The summed E-state index contributed by atoms with van der Waals surface area (Å²) in [5.41, 5.74) is 3.43. The van der Waals surface area contributed by atoms with Crippen molar-refractivity contribution in [3.05, 3.63) is 112 Å². The molecule has 1 atom stereocenters. The molecule has 3 aromatic carbocycles. The maximum atomic E-state index is 12.7. The van der Waals surface area contributed by atoms with Crippen LogP contribution in [0.5, 0.6) is 0 Å². The van der Waals surface area contributed by atoms with Crippen LogP contribution in [-0.2, 0) is 11.2 Å². The first kappa shape index (κ1) is 21.9. The summed E-state index contributed by atoms with van der Waals surface area (Å²) in [5, 5.41) is 28.7. The number of aliphatic hydroxyl groups excluding tert-OH is 1. The summed E-state index contributed by atoms with van der Waals surface area (Å²) in [5.74, 6) is -0.263. The molecular weight excluding hydrogens is 420 g/mol. The van der Waals surface area contributed by atoms with Crippen LogP contribution < -0.4 is 5.32 Å². The fourth-order valence-electron chi connectivity index (χ4n) is 3.48. The number of hydrogen-bond acceptors (Lipinski definition) is 5. The van der Waals surface area contributed by atoms with Crippen molar-refractivity contribution in [2.24, 2.45) is 0 Å². The normalized spacial score (nSPS) is 11.7. The fraction of sp³-hybridized carbons (Fsp3) is 0.120. The molecule has 1 amide bonds. The van der Waals surface area contributed by atoms with Crippen molar-refractivity contribution in [3.8, 4) is 16.9 Å². The number of nitro groups is 1. The van der Waals surface area contributed by atoms with Gasteiger partial charge >= 0.3 is 0 Å². The van der Waals surface area contributed by atoms with E-state index < -0.39 is 11.0 Å². The van der Waals surface area contributed by atoms with E-state index in [1.807, 2.05) is 48.5 Å². The average Bonchev–Trinajstić information content (AvgIpc) is 3.27. The smallest absolute Gasteiger partial charge is 0.269 e. The molecule has 33 heavy (non-hydrogen) atoms. The number of aromatic nitrogens is 2. The van der Waals surface area contributed by atoms with Gasteiger partial charge in [-0.25, -0.2) is 4.68 Å². The van der Waals surface area contributed by atoms with Gasteiger partial charge in [-0.2, -0.15) is 5.10 Å². The van der Waals surface area contributed by atoms with E-state index >= 15 is 0 Å². The van der Waals surface area contributed by atoms with Gasteiger partial charge in [-0.15, -0.1) is 0 Å². The van der Waals surface area contributed by atoms with Crippen molar-refractivity contribution in [1.29, 1.82) is 0 Å². The van der Waals surface area contributed by atoms with Gasteiger partial charge in [-0.3, -0.25) is 14.9 Å². The molecule has 0 spiro atoms. The highest BCUT2D eigenvalue weighted by Crippen LogP contribution is 2.26. The highest BCUT2D eigenvalue weighted by molar-refractivity contribution is 5.81. The minimum atomic E-state index is -0.809. The molecule has 0 aliphatic carbocycles. The first-order valence-electron chi connectivity index (χ1n) is 10.4. The Kier molecular flexibility index (Phi) is 6.56. The highest BCUT2D eigenvalue weighted by atomic mass is 16.6. The number of aliphatic hydroxyl groups is 1. The van der Waals surface area contributed by atoms with Crippen molar-refractivity contribution < 1.29 is 14.8 Å². The summed E-state index contributed by atoms with van der Waals surface area (Å²) in [6.07, 6.45) is 1.01. The molecule has 2 N–H and O–H groups in total. The maximum absolute atomic E-state index is 12.7. The number of hydrogen-bond donors (Lipinski definition) is 2. The van der Waals surface area contributed by atoms with E-state index in [4.69, 9.17) is 0 Å². The zero-order valence-electron chi connectivity index (χ0n) is 17.7. The van der Waals surface area contributed by atoms with Crippen LogP contribution in [0.25, 0.3) is 16.9 Å². The Morgan fingerprint density at radius 1 is 1.00 bits per heavy atom. The summed E-state index contributed by atoms with van der Waals surface area (Å²) in [6.45, 7) is 0.0858. The molecule has 0 aliphatic rings. The fourth-order valence-corrected chi connectivity index (χ4v) is 3.48. The Bertz CT molecular complexity index is 1240. The van der Waals surface area contributed by atoms with Gasteiger partial charge in [0.05, 0.1) is 28.8 Å². The molecule has 166 valence electrons. The van der Waals surface area contributed by atoms with Gasteiger partial charge in [0, 0.05) is 36.0 Å². The highest BCUT2D eigenvalue weighted by Gasteiger charge is 2.17. The standard InChI is InChI=1S/C25H22N4O4/c30-23(18-7-3-1-4-8-18)16-26-24(31)15-20-17-28(21-9-5-2-6-10-21)27-25(20)19-11-13-22(14-12-19)29(32)33/h1-14,17,23,30H,15-16H2,(H,26,31). The number of nitro benzene ring substituents is 1. The van der Waals surface area contributed by atoms with E-state index in [2.05, 4.69) is 10.4 Å². The Hall–Kier alpha value is -4.30. The van der Waals surface area contributed by atoms with Crippen molar-refractivity contribution in [3.63, 3.8) is 0 Å². The molecule has 8 heteroatoms. The summed E-state index contributed by atoms with van der Waals surface area (Å²) in [4.78, 5) is 23.2. The number of non-ortho nitro benzene ring substituents is 1. The molecule has 1 unspecified atom stereocenters. The van der Waals surface area contributed by atoms with Gasteiger partial charge in [-0.1, -0.05) is 48.5 Å². The van der Waals surface area contributed by atoms with E-state index in [9.17, 15) is 20.0 Å². The van der Waals surface area contributed by atoms with Crippen LogP contribution >= 0.6 is 0 Å². The zero-order valence-corrected chi connectivity index (χ0v) is 17.7. The molecule has 0 saturated heterocycles. The second kappa shape index (κ2) is 9.88. The third-order valence-corrected chi connectivity index (χ3v) is 5.19. The van der Waals surface area contributed by atoms with Crippen LogP contribution in [0.1, 0.15) is 17.2 Å². The minimum absolute atomic E-state index is 0.0181. The number of carbonyl (C=O) groups is 1. The lowest BCUT2D eigenvalue weighted by atomic mass is 10.1. The maximum Gasteiger partial charge on any atom is 0.269 e. The molecule has 4 aromatic rings. The van der Waals surface area contributed by atoms with Gasteiger partial charge in [0.1, 0.15) is 0 Å². The van der Waals surface area contributed by atoms with E-state index in [0.717, 1.165) is 11.3 Å². The van der Waals surface area contributed by atoms with Gasteiger partial charge in [0.25, 0.3) is 5.69 Å². The third-order valence-electron chi connectivity index (χ3n) is 5.19. The topological polar surface area (TPSA) is 110 Å². The molecule has 0 saturated carbocycles. The first-order chi connectivity index (χ1) is 16.0. The van der Waals surface area contributed by atoms with Gasteiger partial charge in [0.15, 0.2) is 0 Å². The van der Waals surface area contributed by atoms with Crippen LogP contribution in [-0.4, -0.2) is 32.3 Å². The van der Waals surface area contributed by atoms with Gasteiger partial charge in [-0.05, 0) is 29.8 Å². The lowest BCUT2D eigenvalue weighted by Gasteiger charge is -2.12. The predicted molar refractivity (Wildman–Crippen MR) is 124 cm³/mol. The van der Waals surface area contributed by atoms with Crippen LogP contribution in [0.2, 0.25) is 0 Å². The predicted octanol–water partition coefficient (Wildman–Crippen LogP) is 3.84. The van der Waals surface area contributed by atoms with Crippen molar-refractivity contribution in [1.82, 2.24) is 15.1 Å². The number of benzene rings is 3. The second-order valence-corrected chi connectivity index (χ2v) is 7.49. The SMILES string of the molecule is O=C(Cc1cn(-c2ccccc2)nc1-c1ccc([N+](=O)[O-])cc1)NCC(O)c1ccccc1. The number of para-hydroxylation sites is 1. The largest absolute Gasteiger partial charge is 0.387 e. The summed E-state index contributed by atoms with van der Waals surface area (Å²) in [7, 11) is 0. The number of amides is 1. The number of carbonyl (C=O) groups excluding carboxylic acids is 1. The van der Waals surface area contributed by atoms with E-state index in [1.165, 1.54) is 12.1 Å². The second-order valence-electron chi connectivity index (χ2n) is 7.49. The number of rotatable bonds is 8. The zero-order chi connectivity index (χ0) is 23.2. The average molecular weight is 442 g/mol. The Morgan fingerprint density at radius 2 is 1.64 bits per heavy atom. The number of nitrogens with one attached hydrogen (secondary N) is 1. The van der Waals surface area contributed by atoms with E-state index in [0.29, 0.717) is 16.8 Å². The molecule has 0 bridgehead atoms. The molecule has 0 aliphatic heterocycles. The lowest BCUT2D eigenvalue weighted by molar-refractivity contribution is -0.384. The molecular formula is C25H22N4O4. The lowest BCUT2D eigenvalue weighted by Crippen LogP contribution is -2.29. The summed E-state index contributed by atoms with van der Waals surface area (Å²) in [6, 6.07) is 24.7. The molecule has 0 radical (unpaired) electrons. The number of nitrogens with zero attached hydrogens (tertiary/aromatic N) is 3. The van der Waals surface area contributed by atoms with Crippen molar-refractivity contribution >= 4 is 11.6 Å². The van der Waals surface area contributed by atoms with Crippen molar-refractivity contribution in [2.45, 2.75) is 12.5 Å². The summed E-state index contributed by atoms with van der Waals surface area (Å²) < 4.78 is 1.68. The van der Waals surface area contributed by atoms with Crippen LogP contribution in [0, 0.1) is 10.1 Å².